The van der Waals surface area contributed by atoms with Gasteiger partial charge in [0.05, 0.1) is 41.0 Å². The second kappa shape index (κ2) is 7.46. The highest BCUT2D eigenvalue weighted by Crippen LogP contribution is 2.20. The van der Waals surface area contributed by atoms with Crippen molar-refractivity contribution < 1.29 is 4.79 Å². The molecule has 134 valence electrons. The molecule has 9 heteroatoms. The molecule has 1 aliphatic rings. The molecule has 7 nitrogen and oxygen atoms in total. The fraction of sp³-hybridized carbons (Fsp3) is 0.294. The lowest BCUT2D eigenvalue weighted by molar-refractivity contribution is 0.103. The Labute approximate surface area is 159 Å². The van der Waals surface area contributed by atoms with E-state index in [4.69, 9.17) is 0 Å². The summed E-state index contributed by atoms with van der Waals surface area (Å²) >= 11 is 3.40. The molecule has 0 aliphatic carbocycles. The molecular weight excluding hydrogens is 368 g/mol. The number of rotatable bonds is 4. The summed E-state index contributed by atoms with van der Waals surface area (Å²) in [7, 11) is 0. The number of carbonyl (C=O) groups excluding carboxylic acids is 1. The monoisotopic (exact) mass is 386 g/mol. The van der Waals surface area contributed by atoms with Gasteiger partial charge >= 0.3 is 0 Å². The topological polar surface area (TPSA) is 75.9 Å². The Morgan fingerprint density at radius 2 is 1.96 bits per heavy atom. The van der Waals surface area contributed by atoms with Crippen molar-refractivity contribution in [2.45, 2.75) is 6.92 Å². The van der Waals surface area contributed by atoms with Gasteiger partial charge in [-0.1, -0.05) is 0 Å². The third-order valence-electron chi connectivity index (χ3n) is 4.11. The number of hydrogen-bond donors (Lipinski definition) is 1. The van der Waals surface area contributed by atoms with Crippen LogP contribution in [0.1, 0.15) is 15.2 Å². The average molecular weight is 387 g/mol. The Morgan fingerprint density at radius 3 is 2.65 bits per heavy atom. The summed E-state index contributed by atoms with van der Waals surface area (Å²) < 4.78 is 1.56. The van der Waals surface area contributed by atoms with Crippen LogP contribution in [-0.4, -0.2) is 50.3 Å². The largest absolute Gasteiger partial charge is 0.367 e. The van der Waals surface area contributed by atoms with Crippen LogP contribution < -0.4 is 10.2 Å². The molecule has 3 aromatic heterocycles. The number of thiophene rings is 1. The first-order valence-corrected chi connectivity index (χ1v) is 10.3. The molecule has 0 atom stereocenters. The molecule has 1 fully saturated rings. The summed E-state index contributed by atoms with van der Waals surface area (Å²) in [5, 5.41) is 9.02. The fourth-order valence-electron chi connectivity index (χ4n) is 2.71. The number of anilines is 2. The van der Waals surface area contributed by atoms with Crippen molar-refractivity contribution >= 4 is 40.4 Å². The lowest BCUT2D eigenvalue weighted by atomic mass is 10.3. The van der Waals surface area contributed by atoms with Crippen LogP contribution in [0, 0.1) is 6.92 Å². The van der Waals surface area contributed by atoms with Gasteiger partial charge in [0.2, 0.25) is 0 Å². The maximum absolute atomic E-state index is 12.3. The summed E-state index contributed by atoms with van der Waals surface area (Å²) in [5.74, 6) is 2.62. The van der Waals surface area contributed by atoms with E-state index in [0.29, 0.717) is 16.5 Å². The number of thioether (sulfide) groups is 1. The van der Waals surface area contributed by atoms with Gasteiger partial charge < -0.3 is 10.2 Å². The average Bonchev–Trinajstić information content (AvgIpc) is 3.31. The smallest absolute Gasteiger partial charge is 0.266 e. The number of aromatic nitrogens is 4. The van der Waals surface area contributed by atoms with Crippen LogP contribution in [0.25, 0.3) is 5.95 Å². The van der Waals surface area contributed by atoms with Crippen molar-refractivity contribution in [2.75, 3.05) is 34.8 Å². The lowest BCUT2D eigenvalue weighted by Crippen LogP contribution is -2.32. The van der Waals surface area contributed by atoms with E-state index in [9.17, 15) is 4.79 Å². The molecule has 0 bridgehead atoms. The van der Waals surface area contributed by atoms with Gasteiger partial charge in [-0.25, -0.2) is 14.6 Å². The van der Waals surface area contributed by atoms with E-state index in [1.807, 2.05) is 42.5 Å². The molecule has 1 aliphatic heterocycles. The second-order valence-electron chi connectivity index (χ2n) is 5.90. The van der Waals surface area contributed by atoms with Gasteiger partial charge in [0.15, 0.2) is 0 Å². The van der Waals surface area contributed by atoms with Crippen molar-refractivity contribution in [3.05, 3.63) is 46.7 Å². The van der Waals surface area contributed by atoms with E-state index in [2.05, 4.69) is 25.3 Å². The zero-order valence-corrected chi connectivity index (χ0v) is 15.9. The van der Waals surface area contributed by atoms with Crippen molar-refractivity contribution in [1.29, 1.82) is 0 Å². The fourth-order valence-corrected chi connectivity index (χ4v) is 4.43. The maximum atomic E-state index is 12.3. The molecule has 4 heterocycles. The highest BCUT2D eigenvalue weighted by atomic mass is 32.2. The van der Waals surface area contributed by atoms with Gasteiger partial charge in [0.25, 0.3) is 11.9 Å². The molecular formula is C17H18N6OS2. The molecule has 0 saturated carbocycles. The minimum Gasteiger partial charge on any atom is -0.367 e. The molecule has 0 aromatic carbocycles. The third kappa shape index (κ3) is 3.58. The standard InChI is InChI=1S/C17H18N6OS2/c1-12-2-5-26-15(12)16(24)21-13-8-20-23(11-13)17-18-9-14(10-19-17)22-3-6-25-7-4-22/h2,5,8-11H,3-4,6-7H2,1H3,(H,21,24). The van der Waals surface area contributed by atoms with Crippen LogP contribution in [0.5, 0.6) is 0 Å². The number of hydrogen-bond acceptors (Lipinski definition) is 7. The highest BCUT2D eigenvalue weighted by molar-refractivity contribution is 7.99. The molecule has 4 rings (SSSR count). The number of amides is 1. The number of nitrogens with one attached hydrogen (secondary N) is 1. The van der Waals surface area contributed by atoms with Crippen molar-refractivity contribution in [2.24, 2.45) is 0 Å². The summed E-state index contributed by atoms with van der Waals surface area (Å²) in [4.78, 5) is 24.1. The highest BCUT2D eigenvalue weighted by Gasteiger charge is 2.14. The van der Waals surface area contributed by atoms with E-state index in [1.165, 1.54) is 11.3 Å². The second-order valence-corrected chi connectivity index (χ2v) is 8.04. The van der Waals surface area contributed by atoms with Gasteiger partial charge in [-0.05, 0) is 23.9 Å². The van der Waals surface area contributed by atoms with E-state index in [0.717, 1.165) is 35.8 Å². The molecule has 1 amide bonds. The minimum atomic E-state index is -0.128. The van der Waals surface area contributed by atoms with E-state index in [-0.39, 0.29) is 5.91 Å². The molecule has 1 N–H and O–H groups in total. The van der Waals surface area contributed by atoms with Crippen molar-refractivity contribution in [3.8, 4) is 5.95 Å². The Morgan fingerprint density at radius 1 is 1.19 bits per heavy atom. The maximum Gasteiger partial charge on any atom is 0.266 e. The Balaban J connectivity index is 1.45. The molecule has 0 radical (unpaired) electrons. The quantitative estimate of drug-likeness (QED) is 0.743. The molecule has 0 spiro atoms. The molecule has 3 aromatic rings. The zero-order chi connectivity index (χ0) is 17.9. The van der Waals surface area contributed by atoms with Crippen LogP contribution in [0.2, 0.25) is 0 Å². The summed E-state index contributed by atoms with van der Waals surface area (Å²) in [5.41, 5.74) is 2.61. The Bertz CT molecular complexity index is 898. The van der Waals surface area contributed by atoms with Gasteiger partial charge in [0.1, 0.15) is 0 Å². The Hall–Kier alpha value is -2.39. The summed E-state index contributed by atoms with van der Waals surface area (Å²) in [6.07, 6.45) is 6.97. The molecule has 0 unspecified atom stereocenters. The number of nitrogens with zero attached hydrogens (tertiary/aromatic N) is 5. The predicted molar refractivity (Wildman–Crippen MR) is 106 cm³/mol. The van der Waals surface area contributed by atoms with Crippen molar-refractivity contribution in [1.82, 2.24) is 19.7 Å². The van der Waals surface area contributed by atoms with Gasteiger partial charge in [-0.2, -0.15) is 16.9 Å². The third-order valence-corrected chi connectivity index (χ3v) is 6.07. The first-order valence-electron chi connectivity index (χ1n) is 8.26. The first kappa shape index (κ1) is 17.0. The number of carbonyl (C=O) groups is 1. The lowest BCUT2D eigenvalue weighted by Gasteiger charge is -2.27. The van der Waals surface area contributed by atoms with Crippen molar-refractivity contribution in [3.63, 3.8) is 0 Å². The van der Waals surface area contributed by atoms with Gasteiger partial charge in [-0.15, -0.1) is 11.3 Å². The van der Waals surface area contributed by atoms with E-state index < -0.39 is 0 Å². The molecule has 26 heavy (non-hydrogen) atoms. The van der Waals surface area contributed by atoms with Crippen LogP contribution in [0.15, 0.2) is 36.2 Å². The molecule has 1 saturated heterocycles. The van der Waals surface area contributed by atoms with E-state index in [1.54, 1.807) is 17.1 Å². The van der Waals surface area contributed by atoms with Crippen LogP contribution >= 0.6 is 23.1 Å². The van der Waals surface area contributed by atoms with Crippen LogP contribution in [0.3, 0.4) is 0 Å². The van der Waals surface area contributed by atoms with Crippen LogP contribution in [0.4, 0.5) is 11.4 Å². The minimum absolute atomic E-state index is 0.128. The van der Waals surface area contributed by atoms with E-state index >= 15 is 0 Å². The zero-order valence-electron chi connectivity index (χ0n) is 14.3. The van der Waals surface area contributed by atoms with Gasteiger partial charge in [0, 0.05) is 24.6 Å². The van der Waals surface area contributed by atoms with Crippen LogP contribution in [-0.2, 0) is 0 Å². The summed E-state index contributed by atoms with van der Waals surface area (Å²) in [6, 6.07) is 1.93. The normalized spacial score (nSPS) is 14.4. The van der Waals surface area contributed by atoms with Gasteiger partial charge in [-0.3, -0.25) is 4.79 Å². The Kier molecular flexibility index (Phi) is 4.89. The first-order chi connectivity index (χ1) is 12.7. The predicted octanol–water partition coefficient (Wildman–Crippen LogP) is 2.84. The SMILES string of the molecule is Cc1ccsc1C(=O)Nc1cnn(-c2ncc(N3CCSCC3)cn2)c1. The summed E-state index contributed by atoms with van der Waals surface area (Å²) in [6.45, 7) is 3.96. The number of aryl methyl sites for hydroxylation is 1.